The molecule has 0 unspecified atom stereocenters. The zero-order valence-corrected chi connectivity index (χ0v) is 16.9. The highest BCUT2D eigenvalue weighted by molar-refractivity contribution is 6.74. The molecule has 1 aromatic heterocycles. The summed E-state index contributed by atoms with van der Waals surface area (Å²) in [5.41, 5.74) is 2.38. The third kappa shape index (κ3) is 6.61. The summed E-state index contributed by atoms with van der Waals surface area (Å²) in [6, 6.07) is 2.01. The summed E-state index contributed by atoms with van der Waals surface area (Å²) in [4.78, 5) is 15.6. The largest absolute Gasteiger partial charge is 0.450 e. The fraction of sp³-hybridized carbons (Fsp3) is 0.667. The molecule has 1 aromatic rings. The van der Waals surface area contributed by atoms with Gasteiger partial charge in [-0.25, -0.2) is 4.79 Å². The molecule has 1 heterocycles. The number of pyridine rings is 1. The average molecular weight is 353 g/mol. The zero-order chi connectivity index (χ0) is 18.2. The Hall–Kier alpha value is -1.40. The van der Waals surface area contributed by atoms with E-state index in [0.29, 0.717) is 19.8 Å². The summed E-state index contributed by atoms with van der Waals surface area (Å²) >= 11 is 0. The molecule has 6 heteroatoms. The molecular formula is C18H32N2O3Si. The molecule has 0 saturated heterocycles. The number of hydrogen-bond donors (Lipinski definition) is 1. The molecule has 1 rings (SSSR count). The fourth-order valence-corrected chi connectivity index (χ4v) is 3.08. The molecule has 24 heavy (non-hydrogen) atoms. The van der Waals surface area contributed by atoms with Crippen molar-refractivity contribution in [3.8, 4) is 0 Å². The first-order valence-electron chi connectivity index (χ1n) is 8.63. The Labute approximate surface area is 147 Å². The molecule has 0 spiro atoms. The Kier molecular flexibility index (Phi) is 7.89. The fourth-order valence-electron chi connectivity index (χ4n) is 2.04. The van der Waals surface area contributed by atoms with Crippen molar-refractivity contribution >= 4 is 14.4 Å². The Bertz CT molecular complexity index is 527. The van der Waals surface area contributed by atoms with Crippen LogP contribution in [0.5, 0.6) is 0 Å². The summed E-state index contributed by atoms with van der Waals surface area (Å²) in [5, 5.41) is 2.97. The lowest BCUT2D eigenvalue weighted by Crippen LogP contribution is -2.41. The first kappa shape index (κ1) is 20.6. The number of hydrogen-bond acceptors (Lipinski definition) is 4. The van der Waals surface area contributed by atoms with Crippen LogP contribution < -0.4 is 5.32 Å². The van der Waals surface area contributed by atoms with Gasteiger partial charge in [0.25, 0.3) is 0 Å². The minimum Gasteiger partial charge on any atom is -0.450 e. The number of nitrogens with zero attached hydrogens (tertiary/aromatic N) is 1. The SMILES string of the molecule is CCOC(=O)NCCc1ccncc1CCO[Si](C)(C)C(C)(C)C. The molecule has 0 atom stereocenters. The highest BCUT2D eigenvalue weighted by Gasteiger charge is 2.36. The highest BCUT2D eigenvalue weighted by Crippen LogP contribution is 2.36. The highest BCUT2D eigenvalue weighted by atomic mass is 28.4. The molecule has 0 aromatic carbocycles. The maximum absolute atomic E-state index is 11.3. The summed E-state index contributed by atoms with van der Waals surface area (Å²) in [7, 11) is -1.72. The van der Waals surface area contributed by atoms with Gasteiger partial charge in [0.05, 0.1) is 6.61 Å². The van der Waals surface area contributed by atoms with E-state index >= 15 is 0 Å². The molecule has 0 aliphatic heterocycles. The van der Waals surface area contributed by atoms with Gasteiger partial charge in [0.15, 0.2) is 8.32 Å². The third-order valence-electron chi connectivity index (χ3n) is 4.58. The van der Waals surface area contributed by atoms with Crippen molar-refractivity contribution in [2.45, 2.75) is 58.7 Å². The van der Waals surface area contributed by atoms with E-state index in [0.717, 1.165) is 12.8 Å². The average Bonchev–Trinajstić information content (AvgIpc) is 2.48. The van der Waals surface area contributed by atoms with E-state index in [2.05, 4.69) is 44.2 Å². The minimum absolute atomic E-state index is 0.217. The second-order valence-electron chi connectivity index (χ2n) is 7.40. The van der Waals surface area contributed by atoms with Crippen molar-refractivity contribution < 1.29 is 14.0 Å². The van der Waals surface area contributed by atoms with Gasteiger partial charge in [-0.3, -0.25) is 4.98 Å². The van der Waals surface area contributed by atoms with E-state index in [9.17, 15) is 4.79 Å². The minimum atomic E-state index is -1.72. The number of amides is 1. The molecule has 136 valence electrons. The Morgan fingerprint density at radius 2 is 1.96 bits per heavy atom. The molecule has 0 aliphatic carbocycles. The summed E-state index contributed by atoms with van der Waals surface area (Å²) < 4.78 is 11.1. The van der Waals surface area contributed by atoms with Gasteiger partial charge in [-0.2, -0.15) is 0 Å². The number of carbonyl (C=O) groups is 1. The van der Waals surface area contributed by atoms with Gasteiger partial charge < -0.3 is 14.5 Å². The molecule has 0 aliphatic rings. The number of rotatable bonds is 8. The number of ether oxygens (including phenoxy) is 1. The maximum atomic E-state index is 11.3. The quantitative estimate of drug-likeness (QED) is 0.720. The maximum Gasteiger partial charge on any atom is 0.407 e. The van der Waals surface area contributed by atoms with Crippen molar-refractivity contribution in [1.29, 1.82) is 0 Å². The summed E-state index contributed by atoms with van der Waals surface area (Å²) in [6.45, 7) is 14.7. The van der Waals surface area contributed by atoms with Crippen LogP contribution in [-0.2, 0) is 22.0 Å². The summed E-state index contributed by atoms with van der Waals surface area (Å²) in [6.07, 6.45) is 4.92. The number of carbonyl (C=O) groups excluding carboxylic acids is 1. The van der Waals surface area contributed by atoms with Crippen LogP contribution in [0, 0.1) is 0 Å². The van der Waals surface area contributed by atoms with Gasteiger partial charge in [-0.15, -0.1) is 0 Å². The second kappa shape index (κ2) is 9.18. The van der Waals surface area contributed by atoms with E-state index in [1.54, 1.807) is 13.1 Å². The standard InChI is InChI=1S/C18H32N2O3Si/c1-7-22-17(21)20-12-9-15-8-11-19-14-16(15)10-13-23-24(5,6)18(2,3)4/h8,11,14H,7,9-10,12-13H2,1-6H3,(H,20,21). The van der Waals surface area contributed by atoms with Gasteiger partial charge in [0.1, 0.15) is 0 Å². The van der Waals surface area contributed by atoms with Crippen molar-refractivity contribution in [1.82, 2.24) is 10.3 Å². The van der Waals surface area contributed by atoms with E-state index in [1.165, 1.54) is 11.1 Å². The lowest BCUT2D eigenvalue weighted by atomic mass is 10.1. The summed E-state index contributed by atoms with van der Waals surface area (Å²) in [5.74, 6) is 0. The van der Waals surface area contributed by atoms with Crippen molar-refractivity contribution in [3.05, 3.63) is 29.6 Å². The van der Waals surface area contributed by atoms with Crippen LogP contribution in [0.1, 0.15) is 38.8 Å². The molecule has 0 bridgehead atoms. The van der Waals surface area contributed by atoms with E-state index in [4.69, 9.17) is 9.16 Å². The number of alkyl carbamates (subject to hydrolysis) is 1. The van der Waals surface area contributed by atoms with Crippen LogP contribution >= 0.6 is 0 Å². The predicted molar refractivity (Wildman–Crippen MR) is 99.8 cm³/mol. The lowest BCUT2D eigenvalue weighted by Gasteiger charge is -2.36. The van der Waals surface area contributed by atoms with Crippen molar-refractivity contribution in [2.24, 2.45) is 0 Å². The van der Waals surface area contributed by atoms with E-state index in [-0.39, 0.29) is 11.1 Å². The third-order valence-corrected chi connectivity index (χ3v) is 9.12. The van der Waals surface area contributed by atoms with Crippen LogP contribution in [0.2, 0.25) is 18.1 Å². The first-order valence-corrected chi connectivity index (χ1v) is 11.5. The molecule has 0 fully saturated rings. The van der Waals surface area contributed by atoms with Gasteiger partial charge in [-0.05, 0) is 55.1 Å². The molecular weight excluding hydrogens is 320 g/mol. The monoisotopic (exact) mass is 352 g/mol. The number of aromatic nitrogens is 1. The molecule has 0 saturated carbocycles. The molecule has 0 radical (unpaired) electrons. The van der Waals surface area contributed by atoms with Crippen LogP contribution in [0.15, 0.2) is 18.5 Å². The van der Waals surface area contributed by atoms with Crippen molar-refractivity contribution in [3.63, 3.8) is 0 Å². The normalized spacial score (nSPS) is 12.1. The van der Waals surface area contributed by atoms with E-state index in [1.807, 2.05) is 12.3 Å². The Morgan fingerprint density at radius 3 is 2.58 bits per heavy atom. The Morgan fingerprint density at radius 1 is 1.25 bits per heavy atom. The van der Waals surface area contributed by atoms with Gasteiger partial charge in [0, 0.05) is 25.5 Å². The molecule has 1 N–H and O–H groups in total. The van der Waals surface area contributed by atoms with Crippen LogP contribution in [0.25, 0.3) is 0 Å². The first-order chi connectivity index (χ1) is 11.2. The van der Waals surface area contributed by atoms with Gasteiger partial charge in [-0.1, -0.05) is 20.8 Å². The van der Waals surface area contributed by atoms with E-state index < -0.39 is 8.32 Å². The second-order valence-corrected chi connectivity index (χ2v) is 12.2. The van der Waals surface area contributed by atoms with Crippen LogP contribution in [0.3, 0.4) is 0 Å². The van der Waals surface area contributed by atoms with Gasteiger partial charge >= 0.3 is 6.09 Å². The smallest absolute Gasteiger partial charge is 0.407 e. The van der Waals surface area contributed by atoms with Crippen LogP contribution in [0.4, 0.5) is 4.79 Å². The van der Waals surface area contributed by atoms with Crippen molar-refractivity contribution in [2.75, 3.05) is 19.8 Å². The predicted octanol–water partition coefficient (Wildman–Crippen LogP) is 3.93. The Balaban J connectivity index is 2.53. The number of nitrogens with one attached hydrogen (secondary N) is 1. The molecule has 1 amide bonds. The lowest BCUT2D eigenvalue weighted by molar-refractivity contribution is 0.152. The van der Waals surface area contributed by atoms with Crippen LogP contribution in [-0.4, -0.2) is 39.2 Å². The molecule has 5 nitrogen and oxygen atoms in total. The zero-order valence-electron chi connectivity index (χ0n) is 15.9. The van der Waals surface area contributed by atoms with Gasteiger partial charge in [0.2, 0.25) is 0 Å². The topological polar surface area (TPSA) is 60.5 Å².